The molecule has 4 aromatic rings. The summed E-state index contributed by atoms with van der Waals surface area (Å²) in [5.41, 5.74) is 9.24. The highest BCUT2D eigenvalue weighted by Crippen LogP contribution is 2.44. The topological polar surface area (TPSA) is 67.9 Å². The van der Waals surface area contributed by atoms with Crippen LogP contribution in [0.25, 0.3) is 10.8 Å². The Morgan fingerprint density at radius 1 is 0.809 bits per heavy atom. The second-order valence-electron chi connectivity index (χ2n) is 13.4. The van der Waals surface area contributed by atoms with E-state index < -0.39 is 17.4 Å². The number of benzene rings is 4. The van der Waals surface area contributed by atoms with Gasteiger partial charge in [-0.2, -0.15) is 0 Å². The number of hydrogen-bond acceptors (Lipinski definition) is 6. The van der Waals surface area contributed by atoms with Gasteiger partial charge in [0.25, 0.3) is 0 Å². The minimum atomic E-state index is -1.38. The third-order valence-corrected chi connectivity index (χ3v) is 10.6. The lowest BCUT2D eigenvalue weighted by atomic mass is 9.58. The Labute approximate surface area is 280 Å². The quantitative estimate of drug-likeness (QED) is 0.0752. The second-order valence-corrected chi connectivity index (χ2v) is 13.4. The summed E-state index contributed by atoms with van der Waals surface area (Å²) < 4.78 is 10.5. The summed E-state index contributed by atoms with van der Waals surface area (Å²) in [6.45, 7) is 7.21. The van der Waals surface area contributed by atoms with Crippen LogP contribution in [0, 0.1) is 19.3 Å². The lowest BCUT2D eigenvalue weighted by molar-refractivity contribution is -0.168. The summed E-state index contributed by atoms with van der Waals surface area (Å²) in [6.07, 6.45) is 8.78. The molecule has 2 aliphatic rings. The van der Waals surface area contributed by atoms with Gasteiger partial charge in [-0.1, -0.05) is 93.6 Å². The molecule has 0 aromatic heterocycles. The number of fused-ring (bicyclic) bond motifs is 1. The Morgan fingerprint density at radius 2 is 1.45 bits per heavy atom. The van der Waals surface area contributed by atoms with Crippen LogP contribution in [0.3, 0.4) is 0 Å². The van der Waals surface area contributed by atoms with Gasteiger partial charge in [0.2, 0.25) is 0 Å². The maximum absolute atomic E-state index is 13.4. The van der Waals surface area contributed by atoms with E-state index in [0.29, 0.717) is 6.42 Å². The largest absolute Gasteiger partial charge is 0.468 e. The van der Waals surface area contributed by atoms with Crippen molar-refractivity contribution in [3.63, 3.8) is 0 Å². The zero-order chi connectivity index (χ0) is 33.1. The standard InChI is InChI=1S/C40H47BN2O4/c1-6-7-8-9-10-14-21-31-27(2)32-24-40(38(44)46-4,39(45)47-5)25-33(32)28(3)37(31)41-42-34-22-15-19-30-20-16-23-35(36(30)34)43(41)26-29-17-12-11-13-18-29/h11-13,15-20,22-23,42H,6-10,14,21,24-26H2,1-5H3. The van der Waals surface area contributed by atoms with Gasteiger partial charge in [0, 0.05) is 36.1 Å². The predicted octanol–water partition coefficient (Wildman–Crippen LogP) is 7.62. The van der Waals surface area contributed by atoms with Crippen LogP contribution in [0.2, 0.25) is 0 Å². The highest BCUT2D eigenvalue weighted by atomic mass is 16.5. The molecule has 0 spiro atoms. The third-order valence-electron chi connectivity index (χ3n) is 10.6. The number of methoxy groups -OCH3 is 2. The molecule has 1 aliphatic heterocycles. The number of nitrogens with one attached hydrogen (secondary N) is 1. The monoisotopic (exact) mass is 630 g/mol. The van der Waals surface area contributed by atoms with Crippen molar-refractivity contribution in [2.24, 2.45) is 5.41 Å². The maximum Gasteiger partial charge on any atom is 0.409 e. The van der Waals surface area contributed by atoms with Crippen LogP contribution in [0.15, 0.2) is 66.7 Å². The normalized spacial score (nSPS) is 14.6. The summed E-state index contributed by atoms with van der Waals surface area (Å²) in [6, 6.07) is 23.7. The molecule has 1 heterocycles. The van der Waals surface area contributed by atoms with Crippen molar-refractivity contribution in [1.82, 2.24) is 0 Å². The molecule has 0 saturated heterocycles. The molecule has 0 atom stereocenters. The first-order valence-electron chi connectivity index (χ1n) is 17.2. The Hall–Kier alpha value is -4.26. The molecule has 0 amide bonds. The lowest BCUT2D eigenvalue weighted by Crippen LogP contribution is -2.58. The van der Waals surface area contributed by atoms with Crippen molar-refractivity contribution >= 4 is 46.5 Å². The lowest BCUT2D eigenvalue weighted by Gasteiger charge is -2.40. The van der Waals surface area contributed by atoms with Crippen molar-refractivity contribution in [3.05, 3.63) is 100 Å². The van der Waals surface area contributed by atoms with Gasteiger partial charge in [-0.3, -0.25) is 9.59 Å². The van der Waals surface area contributed by atoms with Crippen LogP contribution >= 0.6 is 0 Å². The fraction of sp³-hybridized carbons (Fsp3) is 0.400. The van der Waals surface area contributed by atoms with Crippen molar-refractivity contribution in [2.45, 2.75) is 85.1 Å². The first-order chi connectivity index (χ1) is 22.8. The molecule has 6 rings (SSSR count). The van der Waals surface area contributed by atoms with Crippen molar-refractivity contribution < 1.29 is 19.1 Å². The number of rotatable bonds is 12. The molecule has 1 N–H and O–H groups in total. The van der Waals surface area contributed by atoms with Crippen molar-refractivity contribution in [2.75, 3.05) is 24.3 Å². The van der Waals surface area contributed by atoms with E-state index in [-0.39, 0.29) is 13.4 Å². The van der Waals surface area contributed by atoms with E-state index in [2.05, 4.69) is 97.5 Å². The van der Waals surface area contributed by atoms with Gasteiger partial charge in [-0.25, -0.2) is 0 Å². The zero-order valence-corrected chi connectivity index (χ0v) is 28.6. The number of ether oxygens (including phenoxy) is 2. The van der Waals surface area contributed by atoms with Crippen LogP contribution in [0.5, 0.6) is 0 Å². The van der Waals surface area contributed by atoms with Gasteiger partial charge in [0.05, 0.1) is 14.2 Å². The Morgan fingerprint density at radius 3 is 2.13 bits per heavy atom. The number of esters is 2. The van der Waals surface area contributed by atoms with E-state index >= 15 is 0 Å². The smallest absolute Gasteiger partial charge is 0.409 e. The average Bonchev–Trinajstić information content (AvgIpc) is 3.52. The number of carbonyl (C=O) groups is 2. The number of anilines is 2. The summed E-state index contributed by atoms with van der Waals surface area (Å²) in [5, 5.41) is 6.43. The van der Waals surface area contributed by atoms with Crippen LogP contribution < -0.4 is 15.5 Å². The molecule has 0 saturated carbocycles. The van der Waals surface area contributed by atoms with Crippen LogP contribution in [-0.2, 0) is 44.9 Å². The molecule has 244 valence electrons. The molecule has 0 fully saturated rings. The Kier molecular flexibility index (Phi) is 9.63. The molecule has 0 unspecified atom stereocenters. The summed E-state index contributed by atoms with van der Waals surface area (Å²) in [4.78, 5) is 29.2. The van der Waals surface area contributed by atoms with Crippen molar-refractivity contribution in [3.8, 4) is 0 Å². The van der Waals surface area contributed by atoms with E-state index in [4.69, 9.17) is 9.47 Å². The first kappa shape index (κ1) is 32.7. The predicted molar refractivity (Wildman–Crippen MR) is 192 cm³/mol. The molecule has 0 bridgehead atoms. The van der Waals surface area contributed by atoms with E-state index in [1.165, 1.54) is 84.9 Å². The number of nitrogens with zero attached hydrogens (tertiary/aromatic N) is 1. The molecule has 4 aromatic carbocycles. The fourth-order valence-electron chi connectivity index (χ4n) is 8.14. The number of carbonyl (C=O) groups excluding carboxylic acids is 2. The van der Waals surface area contributed by atoms with Crippen LogP contribution in [0.1, 0.15) is 78.8 Å². The van der Waals surface area contributed by atoms with Crippen LogP contribution in [0.4, 0.5) is 11.4 Å². The van der Waals surface area contributed by atoms with E-state index in [9.17, 15) is 9.59 Å². The molecular formula is C40H47BN2O4. The zero-order valence-electron chi connectivity index (χ0n) is 28.6. The van der Waals surface area contributed by atoms with Gasteiger partial charge >= 0.3 is 18.9 Å². The molecule has 1 aliphatic carbocycles. The van der Waals surface area contributed by atoms with E-state index in [0.717, 1.165) is 41.8 Å². The first-order valence-corrected chi connectivity index (χ1v) is 17.2. The summed E-state index contributed by atoms with van der Waals surface area (Å²) in [5.74, 6) is -1.05. The van der Waals surface area contributed by atoms with Gasteiger partial charge in [-0.05, 0) is 83.1 Å². The summed E-state index contributed by atoms with van der Waals surface area (Å²) >= 11 is 0. The average molecular weight is 631 g/mol. The van der Waals surface area contributed by atoms with E-state index in [1.807, 2.05) is 0 Å². The van der Waals surface area contributed by atoms with Crippen molar-refractivity contribution in [1.29, 1.82) is 0 Å². The van der Waals surface area contributed by atoms with Gasteiger partial charge in [-0.15, -0.1) is 0 Å². The SMILES string of the molecule is CCCCCCCCc1c(C)c2c(c(C)c1B1Nc3cccc4cccc(c34)N1Cc1ccccc1)CC(C(=O)OC)(C(=O)OC)C2. The fourth-order valence-corrected chi connectivity index (χ4v) is 8.14. The van der Waals surface area contributed by atoms with Gasteiger partial charge in [0.1, 0.15) is 0 Å². The molecular weight excluding hydrogens is 583 g/mol. The highest BCUT2D eigenvalue weighted by Gasteiger charge is 2.54. The molecule has 6 nitrogen and oxygen atoms in total. The number of hydrogen-bond donors (Lipinski definition) is 1. The highest BCUT2D eigenvalue weighted by molar-refractivity contribution is 6.81. The maximum atomic E-state index is 13.4. The van der Waals surface area contributed by atoms with E-state index in [1.54, 1.807) is 0 Å². The second kappa shape index (κ2) is 13.8. The minimum absolute atomic E-state index is 0.152. The van der Waals surface area contributed by atoms with Gasteiger partial charge in [0.15, 0.2) is 5.41 Å². The third kappa shape index (κ3) is 5.90. The summed E-state index contributed by atoms with van der Waals surface area (Å²) in [7, 11) is 2.72. The minimum Gasteiger partial charge on any atom is -0.468 e. The Balaban J connectivity index is 1.52. The molecule has 47 heavy (non-hydrogen) atoms. The van der Waals surface area contributed by atoms with Crippen LogP contribution in [-0.4, -0.2) is 33.1 Å². The molecule has 0 radical (unpaired) electrons. The Bertz CT molecular complexity index is 1770. The number of unbranched alkanes of at least 4 members (excludes halogenated alkanes) is 5. The molecule has 7 heteroatoms. The van der Waals surface area contributed by atoms with Gasteiger partial charge < -0.3 is 19.5 Å².